The Labute approximate surface area is 119 Å². The van der Waals surface area contributed by atoms with Crippen LogP contribution in [0.1, 0.15) is 10.4 Å². The van der Waals surface area contributed by atoms with E-state index in [2.05, 4.69) is 5.32 Å². The Balaban J connectivity index is 2.22. The average molecular weight is 301 g/mol. The minimum atomic E-state index is -0.293. The van der Waals surface area contributed by atoms with Gasteiger partial charge in [0.2, 0.25) is 0 Å². The first-order chi connectivity index (χ1) is 8.58. The largest absolute Gasteiger partial charge is 0.322 e. The lowest BCUT2D eigenvalue weighted by Gasteiger charge is -2.07. The second-order valence-corrected chi connectivity index (χ2v) is 4.78. The summed E-state index contributed by atoms with van der Waals surface area (Å²) in [6, 6.07) is 11.7. The van der Waals surface area contributed by atoms with Gasteiger partial charge in [-0.25, -0.2) is 0 Å². The molecule has 0 aliphatic heterocycles. The van der Waals surface area contributed by atoms with E-state index >= 15 is 0 Å². The van der Waals surface area contributed by atoms with Crippen molar-refractivity contribution in [1.82, 2.24) is 0 Å². The van der Waals surface area contributed by atoms with Gasteiger partial charge in [0.05, 0.1) is 20.6 Å². The standard InChI is InChI=1S/C13H8Cl3NO/c14-10-4-2-1-3-9(10)13(18)17-8-5-6-11(15)12(16)7-8/h1-7H,(H,17,18). The predicted octanol–water partition coefficient (Wildman–Crippen LogP) is 4.90. The van der Waals surface area contributed by atoms with Gasteiger partial charge in [0, 0.05) is 5.69 Å². The number of benzene rings is 2. The summed E-state index contributed by atoms with van der Waals surface area (Å²) in [4.78, 5) is 12.0. The first-order valence-electron chi connectivity index (χ1n) is 5.09. The lowest BCUT2D eigenvalue weighted by Crippen LogP contribution is -2.12. The van der Waals surface area contributed by atoms with Gasteiger partial charge in [-0.05, 0) is 30.3 Å². The van der Waals surface area contributed by atoms with Gasteiger partial charge in [-0.3, -0.25) is 4.79 Å². The Morgan fingerprint density at radius 2 is 1.61 bits per heavy atom. The van der Waals surface area contributed by atoms with Gasteiger partial charge in [-0.15, -0.1) is 0 Å². The Morgan fingerprint density at radius 1 is 0.889 bits per heavy atom. The summed E-state index contributed by atoms with van der Waals surface area (Å²) in [7, 11) is 0. The first-order valence-corrected chi connectivity index (χ1v) is 6.22. The van der Waals surface area contributed by atoms with Crippen LogP contribution in [0.25, 0.3) is 0 Å². The molecule has 2 aromatic rings. The minimum Gasteiger partial charge on any atom is -0.322 e. The highest BCUT2D eigenvalue weighted by Crippen LogP contribution is 2.25. The quantitative estimate of drug-likeness (QED) is 0.840. The molecule has 0 fully saturated rings. The van der Waals surface area contributed by atoms with Gasteiger partial charge < -0.3 is 5.32 Å². The molecule has 1 amide bonds. The highest BCUT2D eigenvalue weighted by molar-refractivity contribution is 6.42. The molecule has 18 heavy (non-hydrogen) atoms. The molecule has 0 bridgehead atoms. The average Bonchev–Trinajstić information content (AvgIpc) is 2.34. The van der Waals surface area contributed by atoms with Crippen LogP contribution in [0, 0.1) is 0 Å². The van der Waals surface area contributed by atoms with E-state index in [0.29, 0.717) is 26.3 Å². The van der Waals surface area contributed by atoms with Crippen LogP contribution in [0.4, 0.5) is 5.69 Å². The number of hydrogen-bond donors (Lipinski definition) is 1. The van der Waals surface area contributed by atoms with Crippen LogP contribution in [0.2, 0.25) is 15.1 Å². The van der Waals surface area contributed by atoms with Crippen LogP contribution < -0.4 is 5.32 Å². The zero-order chi connectivity index (χ0) is 13.1. The van der Waals surface area contributed by atoms with E-state index in [9.17, 15) is 4.79 Å². The van der Waals surface area contributed by atoms with E-state index in [-0.39, 0.29) is 5.91 Å². The van der Waals surface area contributed by atoms with Crippen molar-refractivity contribution in [3.8, 4) is 0 Å². The molecule has 92 valence electrons. The molecule has 2 nitrogen and oxygen atoms in total. The normalized spacial score (nSPS) is 10.2. The van der Waals surface area contributed by atoms with Crippen molar-refractivity contribution < 1.29 is 4.79 Å². The molecule has 0 saturated carbocycles. The Hall–Kier alpha value is -1.22. The predicted molar refractivity (Wildman–Crippen MR) is 75.9 cm³/mol. The number of rotatable bonds is 2. The third-order valence-electron chi connectivity index (χ3n) is 2.30. The van der Waals surface area contributed by atoms with Crippen LogP contribution >= 0.6 is 34.8 Å². The molecular weight excluding hydrogens is 293 g/mol. The summed E-state index contributed by atoms with van der Waals surface area (Å²) in [5.41, 5.74) is 0.972. The highest BCUT2D eigenvalue weighted by atomic mass is 35.5. The van der Waals surface area contributed by atoms with Crippen molar-refractivity contribution in [2.45, 2.75) is 0 Å². The summed E-state index contributed by atoms with van der Waals surface area (Å²) in [5, 5.41) is 3.92. The van der Waals surface area contributed by atoms with E-state index in [1.807, 2.05) is 0 Å². The molecule has 2 aromatic carbocycles. The van der Waals surface area contributed by atoms with Crippen LogP contribution in [-0.2, 0) is 0 Å². The second kappa shape index (κ2) is 5.61. The molecule has 0 aromatic heterocycles. The van der Waals surface area contributed by atoms with Crippen LogP contribution in [0.5, 0.6) is 0 Å². The van der Waals surface area contributed by atoms with Gasteiger partial charge in [0.15, 0.2) is 0 Å². The number of nitrogens with one attached hydrogen (secondary N) is 1. The van der Waals surface area contributed by atoms with Crippen molar-refractivity contribution in [2.75, 3.05) is 5.32 Å². The summed E-state index contributed by atoms with van der Waals surface area (Å²) in [6.07, 6.45) is 0. The smallest absolute Gasteiger partial charge is 0.257 e. The molecule has 2 rings (SSSR count). The van der Waals surface area contributed by atoms with Crippen molar-refractivity contribution in [3.63, 3.8) is 0 Å². The monoisotopic (exact) mass is 299 g/mol. The van der Waals surface area contributed by atoms with E-state index in [1.54, 1.807) is 42.5 Å². The lowest BCUT2D eigenvalue weighted by atomic mass is 10.2. The molecular formula is C13H8Cl3NO. The zero-order valence-corrected chi connectivity index (χ0v) is 11.4. The number of halogens is 3. The maximum atomic E-state index is 12.0. The van der Waals surface area contributed by atoms with E-state index in [1.165, 1.54) is 0 Å². The molecule has 0 aliphatic carbocycles. The lowest BCUT2D eigenvalue weighted by molar-refractivity contribution is 0.102. The summed E-state index contributed by atoms with van der Waals surface area (Å²) >= 11 is 17.6. The number of carbonyl (C=O) groups is 1. The molecule has 0 unspecified atom stereocenters. The molecule has 0 radical (unpaired) electrons. The SMILES string of the molecule is O=C(Nc1ccc(Cl)c(Cl)c1)c1ccccc1Cl. The fraction of sp³-hybridized carbons (Fsp3) is 0. The maximum absolute atomic E-state index is 12.0. The van der Waals surface area contributed by atoms with E-state index in [4.69, 9.17) is 34.8 Å². The Bertz CT molecular complexity index is 599. The number of carbonyl (C=O) groups excluding carboxylic acids is 1. The van der Waals surface area contributed by atoms with E-state index < -0.39 is 0 Å². The Kier molecular flexibility index (Phi) is 4.12. The van der Waals surface area contributed by atoms with Crippen molar-refractivity contribution in [3.05, 3.63) is 63.1 Å². The molecule has 0 saturated heterocycles. The third-order valence-corrected chi connectivity index (χ3v) is 3.36. The molecule has 1 N–H and O–H groups in total. The number of amides is 1. The molecule has 0 spiro atoms. The minimum absolute atomic E-state index is 0.293. The van der Waals surface area contributed by atoms with Gasteiger partial charge in [-0.1, -0.05) is 46.9 Å². The van der Waals surface area contributed by atoms with Gasteiger partial charge >= 0.3 is 0 Å². The summed E-state index contributed by atoms with van der Waals surface area (Å²) in [5.74, 6) is -0.293. The van der Waals surface area contributed by atoms with Crippen molar-refractivity contribution >= 4 is 46.4 Å². The maximum Gasteiger partial charge on any atom is 0.257 e. The topological polar surface area (TPSA) is 29.1 Å². The van der Waals surface area contributed by atoms with Crippen LogP contribution in [-0.4, -0.2) is 5.91 Å². The highest BCUT2D eigenvalue weighted by Gasteiger charge is 2.10. The fourth-order valence-corrected chi connectivity index (χ4v) is 1.94. The van der Waals surface area contributed by atoms with Crippen LogP contribution in [0.15, 0.2) is 42.5 Å². The summed E-state index contributed by atoms with van der Waals surface area (Å²) in [6.45, 7) is 0. The fourth-order valence-electron chi connectivity index (χ4n) is 1.42. The van der Waals surface area contributed by atoms with Gasteiger partial charge in [-0.2, -0.15) is 0 Å². The number of anilines is 1. The Morgan fingerprint density at radius 3 is 2.28 bits per heavy atom. The van der Waals surface area contributed by atoms with Crippen molar-refractivity contribution in [1.29, 1.82) is 0 Å². The zero-order valence-electron chi connectivity index (χ0n) is 9.08. The molecule has 0 heterocycles. The molecule has 5 heteroatoms. The van der Waals surface area contributed by atoms with Crippen LogP contribution in [0.3, 0.4) is 0 Å². The first kappa shape index (κ1) is 13.2. The number of hydrogen-bond acceptors (Lipinski definition) is 1. The third kappa shape index (κ3) is 2.96. The second-order valence-electron chi connectivity index (χ2n) is 3.56. The van der Waals surface area contributed by atoms with Crippen molar-refractivity contribution in [2.24, 2.45) is 0 Å². The van der Waals surface area contributed by atoms with E-state index in [0.717, 1.165) is 0 Å². The molecule has 0 aliphatic rings. The van der Waals surface area contributed by atoms with Gasteiger partial charge in [0.1, 0.15) is 0 Å². The summed E-state index contributed by atoms with van der Waals surface area (Å²) < 4.78 is 0. The molecule has 0 atom stereocenters. The van der Waals surface area contributed by atoms with Gasteiger partial charge in [0.25, 0.3) is 5.91 Å².